The average molecular weight is 300 g/mol. The van der Waals surface area contributed by atoms with E-state index in [9.17, 15) is 4.79 Å². The Morgan fingerprint density at radius 2 is 2.27 bits per heavy atom. The number of ether oxygens (including phenoxy) is 1. The molecular formula is C16H20N4O2. The average Bonchev–Trinajstić information content (AvgIpc) is 3.01. The summed E-state index contributed by atoms with van der Waals surface area (Å²) in [7, 11) is 3.44. The van der Waals surface area contributed by atoms with Gasteiger partial charge in [0.15, 0.2) is 0 Å². The molecule has 1 aromatic heterocycles. The maximum atomic E-state index is 12.5. The van der Waals surface area contributed by atoms with Crippen LogP contribution in [0.1, 0.15) is 17.4 Å². The van der Waals surface area contributed by atoms with Crippen LogP contribution in [0.25, 0.3) is 0 Å². The minimum absolute atomic E-state index is 0.0568. The zero-order valence-corrected chi connectivity index (χ0v) is 12.8. The summed E-state index contributed by atoms with van der Waals surface area (Å²) in [6.45, 7) is 1.51. The zero-order chi connectivity index (χ0) is 15.5. The van der Waals surface area contributed by atoms with Crippen LogP contribution >= 0.6 is 0 Å². The van der Waals surface area contributed by atoms with Crippen molar-refractivity contribution >= 4 is 5.91 Å². The molecule has 0 saturated heterocycles. The number of carbonyl (C=O) groups is 1. The van der Waals surface area contributed by atoms with Gasteiger partial charge < -0.3 is 19.5 Å². The molecule has 6 nitrogen and oxygen atoms in total. The molecule has 1 N–H and O–H groups in total. The van der Waals surface area contributed by atoms with Gasteiger partial charge in [-0.1, -0.05) is 18.2 Å². The molecule has 0 spiro atoms. The van der Waals surface area contributed by atoms with Crippen molar-refractivity contribution in [3.8, 4) is 5.75 Å². The van der Waals surface area contributed by atoms with Crippen molar-refractivity contribution in [2.24, 2.45) is 0 Å². The number of amides is 1. The summed E-state index contributed by atoms with van der Waals surface area (Å²) in [5.41, 5.74) is 1.02. The summed E-state index contributed by atoms with van der Waals surface area (Å²) >= 11 is 0. The van der Waals surface area contributed by atoms with Gasteiger partial charge in [-0.3, -0.25) is 4.79 Å². The second-order valence-electron chi connectivity index (χ2n) is 5.31. The van der Waals surface area contributed by atoms with Crippen LogP contribution in [0.2, 0.25) is 0 Å². The van der Waals surface area contributed by atoms with Crippen molar-refractivity contribution < 1.29 is 9.53 Å². The Hall–Kier alpha value is -2.34. The molecule has 0 fully saturated rings. The number of carbonyl (C=O) groups excluding carboxylic acids is 1. The van der Waals surface area contributed by atoms with Crippen LogP contribution in [0.5, 0.6) is 5.75 Å². The lowest BCUT2D eigenvalue weighted by Crippen LogP contribution is -2.44. The standard InChI is InChI=1S/C16H20N4O2/c1-17-9-16(21)20-11-15-18-7-8-19(15)10-13(20)12-5-3-4-6-14(12)22-2/h3-8,13,17H,9-11H2,1-2H3/t13-/m1/s1. The van der Waals surface area contributed by atoms with E-state index in [0.717, 1.165) is 17.1 Å². The van der Waals surface area contributed by atoms with E-state index in [2.05, 4.69) is 14.9 Å². The Labute approximate surface area is 129 Å². The molecule has 0 aliphatic carbocycles. The summed E-state index contributed by atoms with van der Waals surface area (Å²) < 4.78 is 7.58. The molecule has 0 saturated carbocycles. The van der Waals surface area contributed by atoms with E-state index in [4.69, 9.17) is 4.74 Å². The molecule has 22 heavy (non-hydrogen) atoms. The smallest absolute Gasteiger partial charge is 0.237 e. The molecule has 1 aliphatic rings. The summed E-state index contributed by atoms with van der Waals surface area (Å²) in [5.74, 6) is 1.78. The van der Waals surface area contributed by atoms with E-state index in [1.54, 1.807) is 20.4 Å². The highest BCUT2D eigenvalue weighted by Gasteiger charge is 2.32. The quantitative estimate of drug-likeness (QED) is 0.921. The van der Waals surface area contributed by atoms with Gasteiger partial charge in [-0.05, 0) is 13.1 Å². The SMILES string of the molecule is CNCC(=O)N1Cc2nccn2C[C@@H]1c1ccccc1OC. The van der Waals surface area contributed by atoms with Crippen LogP contribution in [0, 0.1) is 0 Å². The third-order valence-corrected chi connectivity index (χ3v) is 4.01. The van der Waals surface area contributed by atoms with E-state index >= 15 is 0 Å². The summed E-state index contributed by atoms with van der Waals surface area (Å²) in [6.07, 6.45) is 3.73. The van der Waals surface area contributed by atoms with Crippen molar-refractivity contribution in [1.29, 1.82) is 0 Å². The Kier molecular flexibility index (Phi) is 4.11. The number of aromatic nitrogens is 2. The fourth-order valence-electron chi connectivity index (χ4n) is 2.93. The van der Waals surface area contributed by atoms with Gasteiger partial charge in [-0.2, -0.15) is 0 Å². The molecule has 1 aromatic carbocycles. The number of nitrogens with zero attached hydrogens (tertiary/aromatic N) is 3. The van der Waals surface area contributed by atoms with Gasteiger partial charge in [-0.25, -0.2) is 4.98 Å². The summed E-state index contributed by atoms with van der Waals surface area (Å²) in [4.78, 5) is 18.7. The number of benzene rings is 1. The molecule has 3 rings (SSSR count). The predicted octanol–water partition coefficient (Wildman–Crippen LogP) is 1.19. The molecule has 1 atom stereocenters. The first-order chi connectivity index (χ1) is 10.7. The van der Waals surface area contributed by atoms with Crippen molar-refractivity contribution in [2.45, 2.75) is 19.1 Å². The lowest BCUT2D eigenvalue weighted by molar-refractivity contribution is -0.134. The van der Waals surface area contributed by atoms with Crippen molar-refractivity contribution in [3.63, 3.8) is 0 Å². The Balaban J connectivity index is 2.00. The monoisotopic (exact) mass is 300 g/mol. The van der Waals surface area contributed by atoms with E-state index in [1.807, 2.05) is 35.4 Å². The second kappa shape index (κ2) is 6.19. The lowest BCUT2D eigenvalue weighted by atomic mass is 10.0. The maximum absolute atomic E-state index is 12.5. The highest BCUT2D eigenvalue weighted by molar-refractivity contribution is 5.79. The van der Waals surface area contributed by atoms with Crippen molar-refractivity contribution in [3.05, 3.63) is 48.0 Å². The van der Waals surface area contributed by atoms with Crippen LogP contribution in [0.3, 0.4) is 0 Å². The van der Waals surface area contributed by atoms with Crippen LogP contribution < -0.4 is 10.1 Å². The Morgan fingerprint density at radius 3 is 3.05 bits per heavy atom. The first-order valence-corrected chi connectivity index (χ1v) is 7.31. The number of para-hydroxylation sites is 1. The number of nitrogens with one attached hydrogen (secondary N) is 1. The number of imidazole rings is 1. The van der Waals surface area contributed by atoms with Gasteiger partial charge in [0.05, 0.1) is 26.2 Å². The number of hydrogen-bond acceptors (Lipinski definition) is 4. The fourth-order valence-corrected chi connectivity index (χ4v) is 2.93. The van der Waals surface area contributed by atoms with Gasteiger partial charge >= 0.3 is 0 Å². The van der Waals surface area contributed by atoms with Gasteiger partial charge in [0.25, 0.3) is 0 Å². The molecule has 116 valence electrons. The van der Waals surface area contributed by atoms with Gasteiger partial charge in [0.1, 0.15) is 11.6 Å². The highest BCUT2D eigenvalue weighted by Crippen LogP contribution is 2.34. The van der Waals surface area contributed by atoms with E-state index in [1.165, 1.54) is 0 Å². The zero-order valence-electron chi connectivity index (χ0n) is 12.8. The molecule has 0 unspecified atom stereocenters. The predicted molar refractivity (Wildman–Crippen MR) is 82.4 cm³/mol. The first-order valence-electron chi connectivity index (χ1n) is 7.31. The highest BCUT2D eigenvalue weighted by atomic mass is 16.5. The van der Waals surface area contributed by atoms with E-state index < -0.39 is 0 Å². The van der Waals surface area contributed by atoms with Crippen molar-refractivity contribution in [1.82, 2.24) is 19.8 Å². The topological polar surface area (TPSA) is 59.4 Å². The van der Waals surface area contributed by atoms with E-state index in [0.29, 0.717) is 19.6 Å². The largest absolute Gasteiger partial charge is 0.496 e. The third kappa shape index (κ3) is 2.57. The molecule has 2 heterocycles. The van der Waals surface area contributed by atoms with Crippen LogP contribution in [0.4, 0.5) is 0 Å². The Morgan fingerprint density at radius 1 is 1.45 bits per heavy atom. The maximum Gasteiger partial charge on any atom is 0.237 e. The van der Waals surface area contributed by atoms with Gasteiger partial charge in [-0.15, -0.1) is 0 Å². The van der Waals surface area contributed by atoms with Gasteiger partial charge in [0, 0.05) is 24.5 Å². The van der Waals surface area contributed by atoms with Crippen LogP contribution in [-0.2, 0) is 17.9 Å². The molecule has 1 amide bonds. The molecule has 0 radical (unpaired) electrons. The summed E-state index contributed by atoms with van der Waals surface area (Å²) in [6, 6.07) is 7.80. The van der Waals surface area contributed by atoms with Crippen molar-refractivity contribution in [2.75, 3.05) is 20.7 Å². The third-order valence-electron chi connectivity index (χ3n) is 4.01. The molecule has 2 aromatic rings. The van der Waals surface area contributed by atoms with Crippen LogP contribution in [-0.4, -0.2) is 41.1 Å². The minimum Gasteiger partial charge on any atom is -0.496 e. The Bertz CT molecular complexity index is 668. The number of hydrogen-bond donors (Lipinski definition) is 1. The van der Waals surface area contributed by atoms with Crippen LogP contribution in [0.15, 0.2) is 36.7 Å². The lowest BCUT2D eigenvalue weighted by Gasteiger charge is -2.37. The molecule has 1 aliphatic heterocycles. The number of rotatable bonds is 4. The van der Waals surface area contributed by atoms with Gasteiger partial charge in [0.2, 0.25) is 5.91 Å². The fraction of sp³-hybridized carbons (Fsp3) is 0.375. The summed E-state index contributed by atoms with van der Waals surface area (Å²) in [5, 5.41) is 2.93. The number of fused-ring (bicyclic) bond motifs is 1. The number of likely N-dealkylation sites (N-methyl/N-ethyl adjacent to an activating group) is 1. The molecule has 0 bridgehead atoms. The minimum atomic E-state index is -0.0568. The second-order valence-corrected chi connectivity index (χ2v) is 5.31. The molecular weight excluding hydrogens is 280 g/mol. The normalized spacial score (nSPS) is 17.2. The molecule has 6 heteroatoms. The number of methoxy groups -OCH3 is 1. The van der Waals surface area contributed by atoms with E-state index in [-0.39, 0.29) is 11.9 Å². The first kappa shape index (κ1) is 14.6.